The van der Waals surface area contributed by atoms with Crippen LogP contribution in [0.25, 0.3) is 11.1 Å². The van der Waals surface area contributed by atoms with Gasteiger partial charge in [-0.05, 0) is 12.1 Å². The van der Waals surface area contributed by atoms with E-state index < -0.39 is 0 Å². The summed E-state index contributed by atoms with van der Waals surface area (Å²) in [7, 11) is 0. The van der Waals surface area contributed by atoms with Crippen molar-refractivity contribution in [1.82, 2.24) is 0 Å². The molecule has 0 aliphatic carbocycles. The number of rotatable bonds is 3. The van der Waals surface area contributed by atoms with Crippen molar-refractivity contribution in [2.45, 2.75) is 0 Å². The lowest BCUT2D eigenvalue weighted by Gasteiger charge is -2.08. The van der Waals surface area contributed by atoms with Crippen molar-refractivity contribution in [3.05, 3.63) is 48.5 Å². The molecule has 80 valence electrons. The summed E-state index contributed by atoms with van der Waals surface area (Å²) in [5.41, 5.74) is 1.33. The Morgan fingerprint density at radius 3 is 2.25 bits per heavy atom. The van der Waals surface area contributed by atoms with E-state index in [1.54, 1.807) is 36.4 Å². The zero-order valence-corrected chi connectivity index (χ0v) is 8.46. The molecule has 2 aromatic carbocycles. The van der Waals surface area contributed by atoms with Gasteiger partial charge in [-0.3, -0.25) is 4.79 Å². The second-order valence-electron chi connectivity index (χ2n) is 3.23. The Balaban J connectivity index is 2.55. The first-order valence-corrected chi connectivity index (χ1v) is 4.80. The van der Waals surface area contributed by atoms with Crippen LogP contribution in [0, 0.1) is 0 Å². The zero-order valence-electron chi connectivity index (χ0n) is 8.46. The molecule has 0 saturated heterocycles. The molecule has 0 heterocycles. The van der Waals surface area contributed by atoms with Crippen molar-refractivity contribution < 1.29 is 14.6 Å². The Kier molecular flexibility index (Phi) is 2.87. The van der Waals surface area contributed by atoms with Crippen LogP contribution < -0.4 is 4.74 Å². The molecule has 0 atom stereocenters. The van der Waals surface area contributed by atoms with Crippen LogP contribution in [0.15, 0.2) is 48.5 Å². The van der Waals surface area contributed by atoms with E-state index in [-0.39, 0.29) is 5.75 Å². The Morgan fingerprint density at radius 1 is 0.938 bits per heavy atom. The fourth-order valence-electron chi connectivity index (χ4n) is 1.55. The third-order valence-corrected chi connectivity index (χ3v) is 2.26. The van der Waals surface area contributed by atoms with E-state index in [2.05, 4.69) is 0 Å². The molecule has 0 fully saturated rings. The molecular weight excluding hydrogens is 204 g/mol. The predicted molar refractivity (Wildman–Crippen MR) is 60.2 cm³/mol. The molecule has 3 nitrogen and oxygen atoms in total. The second kappa shape index (κ2) is 4.49. The maximum absolute atomic E-state index is 10.4. The quantitative estimate of drug-likeness (QED) is 0.799. The number of carbonyl (C=O) groups excluding carboxylic acids is 1. The van der Waals surface area contributed by atoms with Gasteiger partial charge in [0.15, 0.2) is 0 Å². The van der Waals surface area contributed by atoms with E-state index in [9.17, 15) is 9.90 Å². The van der Waals surface area contributed by atoms with E-state index in [0.717, 1.165) is 0 Å². The molecule has 2 aromatic rings. The third kappa shape index (κ3) is 1.88. The van der Waals surface area contributed by atoms with Gasteiger partial charge in [0.05, 0.1) is 0 Å². The van der Waals surface area contributed by atoms with Crippen LogP contribution >= 0.6 is 0 Å². The van der Waals surface area contributed by atoms with Gasteiger partial charge in [-0.2, -0.15) is 0 Å². The molecule has 0 saturated carbocycles. The molecule has 16 heavy (non-hydrogen) atoms. The Labute approximate surface area is 92.9 Å². The predicted octanol–water partition coefficient (Wildman–Crippen LogP) is 2.59. The minimum atomic E-state index is 0.157. The minimum Gasteiger partial charge on any atom is -0.507 e. The maximum atomic E-state index is 10.4. The van der Waals surface area contributed by atoms with E-state index in [1.807, 2.05) is 12.1 Å². The summed E-state index contributed by atoms with van der Waals surface area (Å²) in [4.78, 5) is 10.4. The van der Waals surface area contributed by atoms with Crippen molar-refractivity contribution in [1.29, 1.82) is 0 Å². The largest absolute Gasteiger partial charge is 0.507 e. The van der Waals surface area contributed by atoms with Crippen LogP contribution in [0.1, 0.15) is 0 Å². The molecule has 0 aromatic heterocycles. The van der Waals surface area contributed by atoms with Crippen LogP contribution in [0.5, 0.6) is 11.5 Å². The number of para-hydroxylation sites is 2. The van der Waals surface area contributed by atoms with Crippen LogP contribution in [-0.4, -0.2) is 11.6 Å². The SMILES string of the molecule is O=COc1ccccc1-c1ccccc1O. The first kappa shape index (κ1) is 10.2. The van der Waals surface area contributed by atoms with E-state index in [4.69, 9.17) is 4.74 Å². The van der Waals surface area contributed by atoms with Crippen molar-refractivity contribution in [3.8, 4) is 22.6 Å². The van der Waals surface area contributed by atoms with Gasteiger partial charge in [0.1, 0.15) is 11.5 Å². The highest BCUT2D eigenvalue weighted by molar-refractivity contribution is 5.76. The molecular formula is C13H10O3. The highest BCUT2D eigenvalue weighted by Crippen LogP contribution is 2.34. The average Bonchev–Trinajstić information content (AvgIpc) is 2.31. The molecule has 3 heteroatoms. The van der Waals surface area contributed by atoms with E-state index in [1.165, 1.54) is 0 Å². The summed E-state index contributed by atoms with van der Waals surface area (Å²) < 4.78 is 4.85. The molecule has 0 aliphatic heterocycles. The summed E-state index contributed by atoms with van der Waals surface area (Å²) >= 11 is 0. The Hall–Kier alpha value is -2.29. The lowest BCUT2D eigenvalue weighted by molar-refractivity contribution is -0.120. The number of hydrogen-bond acceptors (Lipinski definition) is 3. The lowest BCUT2D eigenvalue weighted by atomic mass is 10.0. The highest BCUT2D eigenvalue weighted by atomic mass is 16.5. The number of carbonyl (C=O) groups is 1. The van der Waals surface area contributed by atoms with Crippen LogP contribution in [-0.2, 0) is 4.79 Å². The molecule has 0 spiro atoms. The molecule has 2 rings (SSSR count). The maximum Gasteiger partial charge on any atom is 0.298 e. The van der Waals surface area contributed by atoms with Crippen molar-refractivity contribution >= 4 is 6.47 Å². The standard InChI is InChI=1S/C13H10O3/c14-9-16-13-8-4-2-6-11(13)10-5-1-3-7-12(10)15/h1-9,15H. The number of phenols is 1. The lowest BCUT2D eigenvalue weighted by Crippen LogP contribution is -1.91. The van der Waals surface area contributed by atoms with Gasteiger partial charge in [0.25, 0.3) is 6.47 Å². The number of ether oxygens (including phenoxy) is 1. The van der Waals surface area contributed by atoms with E-state index >= 15 is 0 Å². The van der Waals surface area contributed by atoms with E-state index in [0.29, 0.717) is 23.3 Å². The minimum absolute atomic E-state index is 0.157. The summed E-state index contributed by atoms with van der Waals surface area (Å²) in [6, 6.07) is 14.0. The van der Waals surface area contributed by atoms with Crippen molar-refractivity contribution in [2.24, 2.45) is 0 Å². The third-order valence-electron chi connectivity index (χ3n) is 2.26. The highest BCUT2D eigenvalue weighted by Gasteiger charge is 2.08. The van der Waals surface area contributed by atoms with Gasteiger partial charge < -0.3 is 9.84 Å². The number of aromatic hydroxyl groups is 1. The molecule has 0 radical (unpaired) electrons. The summed E-state index contributed by atoms with van der Waals surface area (Å²) in [5.74, 6) is 0.587. The van der Waals surface area contributed by atoms with Gasteiger partial charge >= 0.3 is 0 Å². The summed E-state index contributed by atoms with van der Waals surface area (Å²) in [5, 5.41) is 9.71. The smallest absolute Gasteiger partial charge is 0.298 e. The number of benzene rings is 2. The summed E-state index contributed by atoms with van der Waals surface area (Å²) in [6.45, 7) is 0.374. The first-order valence-electron chi connectivity index (χ1n) is 4.80. The number of hydrogen-bond donors (Lipinski definition) is 1. The van der Waals surface area contributed by atoms with Gasteiger partial charge in [-0.15, -0.1) is 0 Å². The van der Waals surface area contributed by atoms with Gasteiger partial charge in [-0.1, -0.05) is 36.4 Å². The zero-order chi connectivity index (χ0) is 11.4. The fraction of sp³-hybridized carbons (Fsp3) is 0. The molecule has 0 amide bonds. The molecule has 0 bridgehead atoms. The Bertz CT molecular complexity index is 506. The van der Waals surface area contributed by atoms with Gasteiger partial charge in [-0.25, -0.2) is 0 Å². The fourth-order valence-corrected chi connectivity index (χ4v) is 1.55. The first-order chi connectivity index (χ1) is 7.83. The van der Waals surface area contributed by atoms with Gasteiger partial charge in [0.2, 0.25) is 0 Å². The molecule has 0 aliphatic rings. The molecule has 1 N–H and O–H groups in total. The van der Waals surface area contributed by atoms with Crippen LogP contribution in [0.3, 0.4) is 0 Å². The second-order valence-corrected chi connectivity index (χ2v) is 3.23. The van der Waals surface area contributed by atoms with Crippen LogP contribution in [0.2, 0.25) is 0 Å². The monoisotopic (exact) mass is 214 g/mol. The molecule has 0 unspecified atom stereocenters. The van der Waals surface area contributed by atoms with Crippen molar-refractivity contribution in [3.63, 3.8) is 0 Å². The Morgan fingerprint density at radius 2 is 1.56 bits per heavy atom. The topological polar surface area (TPSA) is 46.5 Å². The van der Waals surface area contributed by atoms with Crippen LogP contribution in [0.4, 0.5) is 0 Å². The van der Waals surface area contributed by atoms with Crippen molar-refractivity contribution in [2.75, 3.05) is 0 Å². The number of phenolic OH excluding ortho intramolecular Hbond substituents is 1. The normalized spacial score (nSPS) is 9.75. The average molecular weight is 214 g/mol. The summed E-state index contributed by atoms with van der Waals surface area (Å²) in [6.07, 6.45) is 0. The van der Waals surface area contributed by atoms with Gasteiger partial charge in [0, 0.05) is 11.1 Å².